The summed E-state index contributed by atoms with van der Waals surface area (Å²) >= 11 is 0. The topological polar surface area (TPSA) is 36.9 Å². The Hall–Kier alpha value is -2.62. The molecule has 0 radical (unpaired) electrons. The molecule has 0 atom stereocenters. The van der Waals surface area contributed by atoms with E-state index in [1.807, 2.05) is 0 Å². The van der Waals surface area contributed by atoms with E-state index in [0.29, 0.717) is 26.4 Å². The predicted molar refractivity (Wildman–Crippen MR) is 235 cm³/mol. The quantitative estimate of drug-likeness (QED) is 0.0438. The van der Waals surface area contributed by atoms with Gasteiger partial charge in [-0.15, -0.1) is 0 Å². The van der Waals surface area contributed by atoms with Gasteiger partial charge in [0.2, 0.25) is 0 Å². The van der Waals surface area contributed by atoms with Crippen molar-refractivity contribution in [2.45, 2.75) is 207 Å². The molecule has 0 aromatic heterocycles. The smallest absolute Gasteiger partial charge is 0.139 e. The number of rotatable bonds is 36. The monoisotopic (exact) mass is 747 g/mol. The summed E-state index contributed by atoms with van der Waals surface area (Å²) in [5.41, 5.74) is 0. The number of hydrogen-bond donors (Lipinski definition) is 0. The Balaban J connectivity index is 1.92. The summed E-state index contributed by atoms with van der Waals surface area (Å²) in [6, 6.07) is 13.0. The van der Waals surface area contributed by atoms with Crippen molar-refractivity contribution in [3.8, 4) is 23.0 Å². The third-order valence-corrected chi connectivity index (χ3v) is 11.0. The Morgan fingerprint density at radius 1 is 0.296 bits per heavy atom. The van der Waals surface area contributed by atoms with Crippen molar-refractivity contribution in [2.75, 3.05) is 26.4 Å². The number of fused-ring (bicyclic) bond motifs is 2. The minimum Gasteiger partial charge on any atom is -0.493 e. The van der Waals surface area contributed by atoms with Gasteiger partial charge < -0.3 is 18.9 Å². The molecule has 0 spiro atoms. The molecular formula is C50H82O4. The average Bonchev–Trinajstić information content (AvgIpc) is 3.19. The van der Waals surface area contributed by atoms with E-state index in [0.717, 1.165) is 70.2 Å². The van der Waals surface area contributed by atoms with Gasteiger partial charge in [-0.25, -0.2) is 0 Å². The maximum atomic E-state index is 6.88. The summed E-state index contributed by atoms with van der Waals surface area (Å²) in [6.45, 7) is 12.0. The minimum absolute atomic E-state index is 0.700. The van der Waals surface area contributed by atoms with Gasteiger partial charge in [-0.3, -0.25) is 0 Å². The highest BCUT2D eigenvalue weighted by Gasteiger charge is 2.23. The van der Waals surface area contributed by atoms with Crippen molar-refractivity contribution < 1.29 is 18.9 Å². The Bertz CT molecular complexity index is 1250. The van der Waals surface area contributed by atoms with Crippen LogP contribution in [-0.4, -0.2) is 26.4 Å². The van der Waals surface area contributed by atoms with E-state index < -0.39 is 0 Å². The third-order valence-electron chi connectivity index (χ3n) is 11.0. The molecule has 0 aliphatic carbocycles. The van der Waals surface area contributed by atoms with Gasteiger partial charge >= 0.3 is 0 Å². The van der Waals surface area contributed by atoms with Crippen LogP contribution in [0.15, 0.2) is 36.4 Å². The zero-order valence-electron chi connectivity index (χ0n) is 35.7. The first-order valence-corrected chi connectivity index (χ1v) is 23.3. The van der Waals surface area contributed by atoms with Crippen molar-refractivity contribution in [2.24, 2.45) is 0 Å². The Kier molecular flexibility index (Phi) is 25.9. The second-order valence-corrected chi connectivity index (χ2v) is 15.9. The van der Waals surface area contributed by atoms with Crippen LogP contribution in [0.5, 0.6) is 23.0 Å². The highest BCUT2D eigenvalue weighted by atomic mass is 16.5. The molecule has 306 valence electrons. The zero-order valence-corrected chi connectivity index (χ0v) is 35.7. The second kappa shape index (κ2) is 30.6. The fourth-order valence-electron chi connectivity index (χ4n) is 7.65. The van der Waals surface area contributed by atoms with Crippen molar-refractivity contribution >= 4 is 21.5 Å². The van der Waals surface area contributed by atoms with Crippen molar-refractivity contribution in [3.63, 3.8) is 0 Å². The maximum absolute atomic E-state index is 6.88. The van der Waals surface area contributed by atoms with Gasteiger partial charge in [0.05, 0.1) is 37.2 Å². The zero-order chi connectivity index (χ0) is 38.3. The van der Waals surface area contributed by atoms with Crippen molar-refractivity contribution in [1.29, 1.82) is 0 Å². The van der Waals surface area contributed by atoms with Crippen LogP contribution < -0.4 is 18.9 Å². The Morgan fingerprint density at radius 2 is 0.556 bits per heavy atom. The van der Waals surface area contributed by atoms with E-state index >= 15 is 0 Å². The molecule has 3 aromatic rings. The number of hydrogen-bond acceptors (Lipinski definition) is 4. The minimum atomic E-state index is 0.700. The molecule has 0 amide bonds. The van der Waals surface area contributed by atoms with Crippen LogP contribution in [0.4, 0.5) is 0 Å². The molecule has 3 rings (SSSR count). The lowest BCUT2D eigenvalue weighted by molar-refractivity contribution is 0.290. The molecule has 4 heteroatoms. The largest absolute Gasteiger partial charge is 0.493 e. The first kappa shape index (κ1) is 45.8. The Morgan fingerprint density at radius 3 is 0.852 bits per heavy atom. The lowest BCUT2D eigenvalue weighted by Gasteiger charge is -2.22. The van der Waals surface area contributed by atoms with Gasteiger partial charge in [0.1, 0.15) is 23.0 Å². The summed E-state index contributed by atoms with van der Waals surface area (Å²) in [7, 11) is 0. The molecule has 0 saturated heterocycles. The summed E-state index contributed by atoms with van der Waals surface area (Å²) in [6.07, 6.45) is 35.3. The maximum Gasteiger partial charge on any atom is 0.139 e. The van der Waals surface area contributed by atoms with Gasteiger partial charge in [0.25, 0.3) is 0 Å². The van der Waals surface area contributed by atoms with E-state index in [-0.39, 0.29) is 0 Å². The van der Waals surface area contributed by atoms with E-state index in [2.05, 4.69) is 64.1 Å². The number of benzene rings is 3. The van der Waals surface area contributed by atoms with Crippen LogP contribution >= 0.6 is 0 Å². The molecule has 0 saturated carbocycles. The number of ether oxygens (including phenoxy) is 4. The van der Waals surface area contributed by atoms with Crippen LogP contribution in [0.3, 0.4) is 0 Å². The van der Waals surface area contributed by atoms with Gasteiger partial charge in [-0.05, 0) is 37.8 Å². The van der Waals surface area contributed by atoms with E-state index in [1.165, 1.54) is 154 Å². The molecule has 54 heavy (non-hydrogen) atoms. The van der Waals surface area contributed by atoms with Crippen LogP contribution in [0.25, 0.3) is 21.5 Å². The van der Waals surface area contributed by atoms with Crippen LogP contribution in [-0.2, 0) is 0 Å². The standard InChI is InChI=1S/C50H82O4/c1-5-9-13-17-21-25-31-39-51-45-37-38-46(52-40-32-26-22-18-14-10-6-2)48-47(45)49(53-41-33-27-23-19-15-11-7-3)43-35-29-30-36-44(43)50(48)54-42-34-28-24-20-16-12-8-4/h29-30,35-38H,5-28,31-34,39-42H2,1-4H3. The molecular weight excluding hydrogens is 665 g/mol. The molecule has 0 unspecified atom stereocenters. The third kappa shape index (κ3) is 17.5. The summed E-state index contributed by atoms with van der Waals surface area (Å²) in [4.78, 5) is 0. The fraction of sp³-hybridized carbons (Fsp3) is 0.720. The first-order valence-electron chi connectivity index (χ1n) is 23.3. The highest BCUT2D eigenvalue weighted by molar-refractivity contribution is 6.15. The van der Waals surface area contributed by atoms with Gasteiger partial charge in [-0.1, -0.05) is 206 Å². The summed E-state index contributed by atoms with van der Waals surface area (Å²) < 4.78 is 27.2. The SMILES string of the molecule is CCCCCCCCCOc1ccc(OCCCCCCCCC)c2c(OCCCCCCCCC)c3ccccc3c(OCCCCCCCCC)c12. The molecule has 0 bridgehead atoms. The molecule has 0 aliphatic heterocycles. The normalized spacial score (nSPS) is 11.5. The molecule has 0 N–H and O–H groups in total. The van der Waals surface area contributed by atoms with Crippen LogP contribution in [0, 0.1) is 0 Å². The van der Waals surface area contributed by atoms with Crippen LogP contribution in [0.2, 0.25) is 0 Å². The van der Waals surface area contributed by atoms with Gasteiger partial charge in [0.15, 0.2) is 0 Å². The molecule has 0 heterocycles. The van der Waals surface area contributed by atoms with E-state index in [4.69, 9.17) is 18.9 Å². The second-order valence-electron chi connectivity index (χ2n) is 15.9. The van der Waals surface area contributed by atoms with Crippen molar-refractivity contribution in [3.05, 3.63) is 36.4 Å². The number of unbranched alkanes of at least 4 members (excludes halogenated alkanes) is 24. The summed E-state index contributed by atoms with van der Waals surface area (Å²) in [5, 5.41) is 4.25. The van der Waals surface area contributed by atoms with Gasteiger partial charge in [0, 0.05) is 10.8 Å². The molecule has 0 fully saturated rings. The molecule has 3 aromatic carbocycles. The van der Waals surface area contributed by atoms with E-state index in [9.17, 15) is 0 Å². The van der Waals surface area contributed by atoms with E-state index in [1.54, 1.807) is 0 Å². The molecule has 0 aliphatic rings. The van der Waals surface area contributed by atoms with Crippen LogP contribution in [0.1, 0.15) is 207 Å². The first-order chi connectivity index (χ1) is 26.8. The lowest BCUT2D eigenvalue weighted by Crippen LogP contribution is -2.06. The molecule has 4 nitrogen and oxygen atoms in total. The summed E-state index contributed by atoms with van der Waals surface area (Å²) in [5.74, 6) is 3.62. The lowest BCUT2D eigenvalue weighted by atomic mass is 9.98. The highest BCUT2D eigenvalue weighted by Crippen LogP contribution is 2.50. The Labute approximate surface area is 332 Å². The predicted octanol–water partition coefficient (Wildman–Crippen LogP) is 16.5. The van der Waals surface area contributed by atoms with Crippen molar-refractivity contribution in [1.82, 2.24) is 0 Å². The fourth-order valence-corrected chi connectivity index (χ4v) is 7.65. The average molecular weight is 747 g/mol. The van der Waals surface area contributed by atoms with Gasteiger partial charge in [-0.2, -0.15) is 0 Å².